The molecule has 0 aliphatic carbocycles. The van der Waals surface area contributed by atoms with Gasteiger partial charge < -0.3 is 9.67 Å². The summed E-state index contributed by atoms with van der Waals surface area (Å²) in [6, 6.07) is 5.77. The minimum absolute atomic E-state index is 0.429. The summed E-state index contributed by atoms with van der Waals surface area (Å²) in [7, 11) is 1.95. The predicted octanol–water partition coefficient (Wildman–Crippen LogP) is 1.54. The molecular weight excluding hydrogens is 196 g/mol. The lowest BCUT2D eigenvalue weighted by Gasteiger charge is -2.06. The van der Waals surface area contributed by atoms with E-state index in [0.717, 1.165) is 16.6 Å². The van der Waals surface area contributed by atoms with Crippen LogP contribution in [0.25, 0.3) is 11.0 Å². The maximum atomic E-state index is 9.58. The lowest BCUT2D eigenvalue weighted by Crippen LogP contribution is -1.98. The molecule has 0 spiro atoms. The highest BCUT2D eigenvalue weighted by Gasteiger charge is 2.07. The largest absolute Gasteiger partial charge is 0.388 e. The van der Waals surface area contributed by atoms with E-state index in [1.807, 2.05) is 29.8 Å². The third-order valence-corrected chi connectivity index (χ3v) is 2.65. The summed E-state index contributed by atoms with van der Waals surface area (Å²) < 4.78 is 1.95. The van der Waals surface area contributed by atoms with Gasteiger partial charge >= 0.3 is 0 Å². The molecule has 1 atom stereocenters. The molecule has 3 nitrogen and oxygen atoms in total. The van der Waals surface area contributed by atoms with Crippen LogP contribution in [0.1, 0.15) is 11.7 Å². The van der Waals surface area contributed by atoms with Crippen molar-refractivity contribution in [2.24, 2.45) is 7.05 Å². The van der Waals surface area contributed by atoms with Crippen molar-refractivity contribution in [2.45, 2.75) is 6.10 Å². The fourth-order valence-electron chi connectivity index (χ4n) is 1.47. The Morgan fingerprint density at radius 2 is 2.36 bits per heavy atom. The Balaban J connectivity index is 2.52. The van der Waals surface area contributed by atoms with Crippen molar-refractivity contribution in [1.82, 2.24) is 9.55 Å². The van der Waals surface area contributed by atoms with Crippen LogP contribution < -0.4 is 0 Å². The first-order valence-corrected chi connectivity index (χ1v) is 5.05. The van der Waals surface area contributed by atoms with Gasteiger partial charge in [0.15, 0.2) is 0 Å². The van der Waals surface area contributed by atoms with Crippen LogP contribution in [0.2, 0.25) is 0 Å². The predicted molar refractivity (Wildman–Crippen MR) is 59.5 cm³/mol. The van der Waals surface area contributed by atoms with Gasteiger partial charge in [0, 0.05) is 12.8 Å². The van der Waals surface area contributed by atoms with Crippen molar-refractivity contribution in [2.75, 3.05) is 5.75 Å². The van der Waals surface area contributed by atoms with E-state index in [2.05, 4.69) is 17.6 Å². The van der Waals surface area contributed by atoms with Gasteiger partial charge in [0.25, 0.3) is 0 Å². The summed E-state index contributed by atoms with van der Waals surface area (Å²) >= 11 is 4.05. The van der Waals surface area contributed by atoms with E-state index < -0.39 is 6.10 Å². The maximum absolute atomic E-state index is 9.58. The average molecular weight is 208 g/mol. The van der Waals surface area contributed by atoms with Gasteiger partial charge in [0.05, 0.1) is 23.5 Å². The number of fused-ring (bicyclic) bond motifs is 1. The molecule has 74 valence electrons. The summed E-state index contributed by atoms with van der Waals surface area (Å²) in [6.07, 6.45) is 1.26. The Kier molecular flexibility index (Phi) is 2.48. The fourth-order valence-corrected chi connectivity index (χ4v) is 1.68. The lowest BCUT2D eigenvalue weighted by molar-refractivity contribution is 0.204. The number of hydrogen-bond acceptors (Lipinski definition) is 3. The van der Waals surface area contributed by atoms with Gasteiger partial charge in [0.2, 0.25) is 0 Å². The van der Waals surface area contributed by atoms with E-state index in [9.17, 15) is 5.11 Å². The second-order valence-corrected chi connectivity index (χ2v) is 3.67. The number of aliphatic hydroxyl groups is 1. The van der Waals surface area contributed by atoms with Crippen LogP contribution in [-0.4, -0.2) is 20.4 Å². The molecule has 4 heteroatoms. The molecule has 0 aliphatic rings. The number of nitrogens with zero attached hydrogens (tertiary/aromatic N) is 2. The smallest absolute Gasteiger partial charge is 0.0955 e. The van der Waals surface area contributed by atoms with E-state index in [0.29, 0.717) is 5.75 Å². The van der Waals surface area contributed by atoms with Crippen molar-refractivity contribution >= 4 is 23.7 Å². The molecule has 0 saturated carbocycles. The van der Waals surface area contributed by atoms with Crippen LogP contribution in [0, 0.1) is 0 Å². The molecule has 1 N–H and O–H groups in total. The lowest BCUT2D eigenvalue weighted by atomic mass is 10.1. The van der Waals surface area contributed by atoms with E-state index in [1.54, 1.807) is 6.33 Å². The van der Waals surface area contributed by atoms with Crippen LogP contribution in [0.3, 0.4) is 0 Å². The quantitative estimate of drug-likeness (QED) is 0.735. The second-order valence-electron chi connectivity index (χ2n) is 3.30. The first kappa shape index (κ1) is 9.55. The average Bonchev–Trinajstić information content (AvgIpc) is 2.59. The number of aliphatic hydroxyl groups excluding tert-OH is 1. The molecule has 2 rings (SSSR count). The molecule has 0 radical (unpaired) electrons. The molecule has 0 saturated heterocycles. The van der Waals surface area contributed by atoms with Crippen LogP contribution in [-0.2, 0) is 7.05 Å². The van der Waals surface area contributed by atoms with Crippen molar-refractivity contribution in [3.8, 4) is 0 Å². The van der Waals surface area contributed by atoms with Crippen molar-refractivity contribution in [1.29, 1.82) is 0 Å². The van der Waals surface area contributed by atoms with Gasteiger partial charge in [-0.2, -0.15) is 12.6 Å². The third kappa shape index (κ3) is 1.51. The summed E-state index contributed by atoms with van der Waals surface area (Å²) in [6.45, 7) is 0. The fraction of sp³-hybridized carbons (Fsp3) is 0.300. The monoisotopic (exact) mass is 208 g/mol. The molecular formula is C10H12N2OS. The molecule has 0 aliphatic heterocycles. The summed E-state index contributed by atoms with van der Waals surface area (Å²) in [5.41, 5.74) is 2.84. The standard InChI is InChI=1S/C10H12N2OS/c1-12-6-11-8-4-7(10(13)5-14)2-3-9(8)12/h2-4,6,10,13-14H,5H2,1H3. The van der Waals surface area contributed by atoms with Crippen LogP contribution in [0.4, 0.5) is 0 Å². The SMILES string of the molecule is Cn1cnc2cc(C(O)CS)ccc21. The molecule has 0 fully saturated rings. The molecule has 1 aromatic heterocycles. The number of hydrogen-bond donors (Lipinski definition) is 2. The zero-order valence-electron chi connectivity index (χ0n) is 7.88. The highest BCUT2D eigenvalue weighted by molar-refractivity contribution is 7.80. The van der Waals surface area contributed by atoms with Crippen molar-refractivity contribution in [3.05, 3.63) is 30.1 Å². The first-order valence-electron chi connectivity index (χ1n) is 4.42. The van der Waals surface area contributed by atoms with Gasteiger partial charge in [-0.15, -0.1) is 0 Å². The van der Waals surface area contributed by atoms with Gasteiger partial charge in [-0.05, 0) is 17.7 Å². The number of imidazole rings is 1. The van der Waals surface area contributed by atoms with E-state index >= 15 is 0 Å². The minimum atomic E-state index is -0.510. The Morgan fingerprint density at radius 3 is 3.07 bits per heavy atom. The summed E-state index contributed by atoms with van der Waals surface area (Å²) in [4.78, 5) is 4.22. The second kappa shape index (κ2) is 3.63. The van der Waals surface area contributed by atoms with E-state index in [1.165, 1.54) is 0 Å². The van der Waals surface area contributed by atoms with Crippen LogP contribution >= 0.6 is 12.6 Å². The topological polar surface area (TPSA) is 38.0 Å². The van der Waals surface area contributed by atoms with Crippen molar-refractivity contribution < 1.29 is 5.11 Å². The van der Waals surface area contributed by atoms with Gasteiger partial charge in [0.1, 0.15) is 0 Å². The number of thiol groups is 1. The molecule has 1 heterocycles. The Bertz CT molecular complexity index is 452. The Morgan fingerprint density at radius 1 is 1.57 bits per heavy atom. The molecule has 1 aromatic carbocycles. The minimum Gasteiger partial charge on any atom is -0.388 e. The van der Waals surface area contributed by atoms with Crippen LogP contribution in [0.15, 0.2) is 24.5 Å². The molecule has 14 heavy (non-hydrogen) atoms. The van der Waals surface area contributed by atoms with Gasteiger partial charge in [-0.3, -0.25) is 0 Å². The summed E-state index contributed by atoms with van der Waals surface area (Å²) in [5, 5.41) is 9.58. The highest BCUT2D eigenvalue weighted by atomic mass is 32.1. The Hall–Kier alpha value is -1.00. The van der Waals surface area contributed by atoms with E-state index in [-0.39, 0.29) is 0 Å². The Labute approximate surface area is 87.8 Å². The maximum Gasteiger partial charge on any atom is 0.0955 e. The van der Waals surface area contributed by atoms with Gasteiger partial charge in [-0.25, -0.2) is 4.98 Å². The molecule has 2 aromatic rings. The summed E-state index contributed by atoms with van der Waals surface area (Å²) in [5.74, 6) is 0.429. The van der Waals surface area contributed by atoms with Crippen LogP contribution in [0.5, 0.6) is 0 Å². The molecule has 1 unspecified atom stereocenters. The zero-order chi connectivity index (χ0) is 10.1. The van der Waals surface area contributed by atoms with E-state index in [4.69, 9.17) is 0 Å². The number of aryl methyl sites for hydroxylation is 1. The number of aromatic nitrogens is 2. The third-order valence-electron chi connectivity index (χ3n) is 2.31. The van der Waals surface area contributed by atoms with Gasteiger partial charge in [-0.1, -0.05) is 6.07 Å². The number of benzene rings is 1. The highest BCUT2D eigenvalue weighted by Crippen LogP contribution is 2.19. The zero-order valence-corrected chi connectivity index (χ0v) is 8.78. The molecule has 0 amide bonds. The van der Waals surface area contributed by atoms with Crippen molar-refractivity contribution in [3.63, 3.8) is 0 Å². The molecule has 0 bridgehead atoms. The number of rotatable bonds is 2. The first-order chi connectivity index (χ1) is 6.72. The normalized spacial score (nSPS) is 13.4.